The van der Waals surface area contributed by atoms with Gasteiger partial charge in [0.1, 0.15) is 24.8 Å². The third-order valence-electron chi connectivity index (χ3n) is 5.49. The number of carboxylic acids is 1. The molecule has 0 saturated carbocycles. The van der Waals surface area contributed by atoms with Gasteiger partial charge in [0, 0.05) is 6.42 Å². The summed E-state index contributed by atoms with van der Waals surface area (Å²) in [6.07, 6.45) is -1.04. The maximum Gasteiger partial charge on any atom is 0.322 e. The smallest absolute Gasteiger partial charge is 0.322 e. The highest BCUT2D eigenvalue weighted by atomic mass is 19.1. The van der Waals surface area contributed by atoms with Crippen molar-refractivity contribution in [3.05, 3.63) is 0 Å². The van der Waals surface area contributed by atoms with Crippen LogP contribution < -0.4 is 21.7 Å². The highest BCUT2D eigenvalue weighted by Gasteiger charge is 2.41. The van der Waals surface area contributed by atoms with Gasteiger partial charge < -0.3 is 31.7 Å². The lowest BCUT2D eigenvalue weighted by Gasteiger charge is -2.28. The molecule has 1 aliphatic heterocycles. The Kier molecular flexibility index (Phi) is 10.5. The number of carbonyl (C=O) groups is 5. The Hall–Kier alpha value is -2.76. The molecule has 1 aliphatic rings. The van der Waals surface area contributed by atoms with E-state index in [1.54, 1.807) is 27.7 Å². The van der Waals surface area contributed by atoms with Crippen LogP contribution in [0.3, 0.4) is 0 Å². The van der Waals surface area contributed by atoms with Gasteiger partial charge >= 0.3 is 5.97 Å². The number of nitrogens with one attached hydrogen (secondary N) is 3. The molecule has 1 fully saturated rings. The summed E-state index contributed by atoms with van der Waals surface area (Å²) in [5, 5.41) is 15.8. The fourth-order valence-electron chi connectivity index (χ4n) is 3.24. The van der Waals surface area contributed by atoms with Crippen molar-refractivity contribution in [2.24, 2.45) is 17.6 Å². The third-order valence-corrected chi connectivity index (χ3v) is 5.49. The van der Waals surface area contributed by atoms with E-state index >= 15 is 0 Å². The molecule has 182 valence electrons. The molecular weight excluding hydrogens is 425 g/mol. The molecule has 0 aromatic rings. The molecule has 1 rings (SSSR count). The Balaban J connectivity index is 2.72. The van der Waals surface area contributed by atoms with Crippen molar-refractivity contribution >= 4 is 29.6 Å². The zero-order valence-electron chi connectivity index (χ0n) is 18.9. The van der Waals surface area contributed by atoms with E-state index in [9.17, 15) is 28.4 Å². The van der Waals surface area contributed by atoms with Crippen LogP contribution in [0.15, 0.2) is 0 Å². The van der Waals surface area contributed by atoms with Crippen LogP contribution in [-0.4, -0.2) is 83.5 Å². The third kappa shape index (κ3) is 7.74. The van der Waals surface area contributed by atoms with Crippen molar-refractivity contribution in [2.75, 3.05) is 19.6 Å². The predicted molar refractivity (Wildman–Crippen MR) is 113 cm³/mol. The summed E-state index contributed by atoms with van der Waals surface area (Å²) >= 11 is 0. The molecular formula is C20H34FN5O6. The van der Waals surface area contributed by atoms with E-state index in [0.29, 0.717) is 6.42 Å². The fraction of sp³-hybridized carbons (Fsp3) is 0.750. The highest BCUT2D eigenvalue weighted by Crippen LogP contribution is 2.22. The van der Waals surface area contributed by atoms with Gasteiger partial charge in [-0.25, -0.2) is 4.39 Å². The van der Waals surface area contributed by atoms with Gasteiger partial charge in [0.2, 0.25) is 23.6 Å². The number of halogens is 1. The number of nitrogens with zero attached hydrogens (tertiary/aromatic N) is 1. The number of rotatable bonds is 11. The number of hydrogen-bond acceptors (Lipinski definition) is 6. The average molecular weight is 460 g/mol. The van der Waals surface area contributed by atoms with Crippen molar-refractivity contribution in [2.45, 2.75) is 64.8 Å². The summed E-state index contributed by atoms with van der Waals surface area (Å²) in [6.45, 7) is 5.67. The van der Waals surface area contributed by atoms with Crippen molar-refractivity contribution in [1.29, 1.82) is 0 Å². The lowest BCUT2D eigenvalue weighted by molar-refractivity contribution is -0.140. The Labute approximate surface area is 186 Å². The van der Waals surface area contributed by atoms with Crippen molar-refractivity contribution < 1.29 is 33.5 Å². The molecule has 4 amide bonds. The minimum absolute atomic E-state index is 0.194. The molecule has 0 spiro atoms. The molecule has 1 heterocycles. The molecule has 0 radical (unpaired) electrons. The molecule has 0 unspecified atom stereocenters. The van der Waals surface area contributed by atoms with Crippen LogP contribution >= 0.6 is 0 Å². The predicted octanol–water partition coefficient (Wildman–Crippen LogP) is -1.24. The summed E-state index contributed by atoms with van der Waals surface area (Å²) in [5.74, 6) is -4.27. The van der Waals surface area contributed by atoms with Crippen LogP contribution in [0.4, 0.5) is 4.39 Å². The number of likely N-dealkylation sites (tertiary alicyclic amines) is 1. The van der Waals surface area contributed by atoms with E-state index in [4.69, 9.17) is 10.8 Å². The second-order valence-corrected chi connectivity index (χ2v) is 8.37. The Morgan fingerprint density at radius 2 is 1.75 bits per heavy atom. The number of amides is 4. The van der Waals surface area contributed by atoms with Crippen molar-refractivity contribution in [3.63, 3.8) is 0 Å². The van der Waals surface area contributed by atoms with E-state index in [1.807, 2.05) is 0 Å². The quantitative estimate of drug-likeness (QED) is 0.257. The maximum atomic E-state index is 13.9. The van der Waals surface area contributed by atoms with E-state index in [2.05, 4.69) is 16.0 Å². The first kappa shape index (κ1) is 27.3. The largest absolute Gasteiger partial charge is 0.480 e. The first-order chi connectivity index (χ1) is 14.9. The molecule has 1 saturated heterocycles. The fourth-order valence-corrected chi connectivity index (χ4v) is 3.24. The first-order valence-corrected chi connectivity index (χ1v) is 10.7. The zero-order chi connectivity index (χ0) is 24.6. The molecule has 5 atom stereocenters. The zero-order valence-corrected chi connectivity index (χ0v) is 18.9. The van der Waals surface area contributed by atoms with Gasteiger partial charge in [0.25, 0.3) is 0 Å². The van der Waals surface area contributed by atoms with Gasteiger partial charge in [-0.15, -0.1) is 0 Å². The number of aliphatic carboxylic acids is 1. The van der Waals surface area contributed by atoms with Gasteiger partial charge in [-0.2, -0.15) is 0 Å². The lowest BCUT2D eigenvalue weighted by Crippen LogP contribution is -2.55. The van der Waals surface area contributed by atoms with Gasteiger partial charge in [-0.05, 0) is 11.8 Å². The normalized spacial score (nSPS) is 20.9. The summed E-state index contributed by atoms with van der Waals surface area (Å²) in [7, 11) is 0. The second-order valence-electron chi connectivity index (χ2n) is 8.37. The van der Waals surface area contributed by atoms with Crippen molar-refractivity contribution in [1.82, 2.24) is 20.9 Å². The molecule has 11 nitrogen and oxygen atoms in total. The number of carboxylic acid groups (broad SMARTS) is 1. The van der Waals surface area contributed by atoms with E-state index in [1.165, 1.54) is 0 Å². The van der Waals surface area contributed by atoms with Crippen molar-refractivity contribution in [3.8, 4) is 0 Å². The first-order valence-electron chi connectivity index (χ1n) is 10.7. The van der Waals surface area contributed by atoms with Crippen LogP contribution in [0.5, 0.6) is 0 Å². The summed E-state index contributed by atoms with van der Waals surface area (Å²) in [6, 6.07) is -2.95. The lowest BCUT2D eigenvalue weighted by atomic mass is 9.98. The maximum absolute atomic E-state index is 13.9. The summed E-state index contributed by atoms with van der Waals surface area (Å²) in [5.41, 5.74) is 5.85. The van der Waals surface area contributed by atoms with Crippen LogP contribution in [-0.2, 0) is 24.0 Å². The minimum atomic E-state index is -1.38. The molecule has 0 bridgehead atoms. The summed E-state index contributed by atoms with van der Waals surface area (Å²) in [4.78, 5) is 61.4. The SMILES string of the molecule is CC[C@H](C)[C@H](NC(=O)CNC(=O)[C@@H]1C[C@@H](F)CN1C(=O)[C@@H](N)C(C)C)C(=O)NCC(=O)O. The Morgan fingerprint density at radius 3 is 2.28 bits per heavy atom. The molecule has 6 N–H and O–H groups in total. The standard InChI is InChI=1S/C20H34FN5O6/c1-5-11(4)17(19(31)24-8-15(28)29)25-14(27)7-23-18(30)13-6-12(21)9-26(13)20(32)16(22)10(2)3/h10-13,16-17H,5-9,22H2,1-4H3,(H,23,30)(H,24,31)(H,25,27)(H,28,29)/t11-,12+,13-,16-,17-/m0/s1. The number of hydrogen-bond donors (Lipinski definition) is 5. The highest BCUT2D eigenvalue weighted by molar-refractivity contribution is 5.94. The Bertz CT molecular complexity index is 719. The molecule has 0 aliphatic carbocycles. The molecule has 32 heavy (non-hydrogen) atoms. The minimum Gasteiger partial charge on any atom is -0.480 e. The van der Waals surface area contributed by atoms with Crippen LogP contribution in [0, 0.1) is 11.8 Å². The topological polar surface area (TPSA) is 171 Å². The molecule has 0 aromatic carbocycles. The summed E-state index contributed by atoms with van der Waals surface area (Å²) < 4.78 is 13.9. The molecule has 0 aromatic heterocycles. The number of nitrogens with two attached hydrogens (primary N) is 1. The molecule has 12 heteroatoms. The van der Waals surface area contributed by atoms with Gasteiger partial charge in [-0.1, -0.05) is 34.1 Å². The average Bonchev–Trinajstić information content (AvgIpc) is 3.13. The second kappa shape index (κ2) is 12.3. The van der Waals surface area contributed by atoms with Gasteiger partial charge in [0.05, 0.1) is 19.1 Å². The number of carbonyl (C=O) groups excluding carboxylic acids is 4. The van der Waals surface area contributed by atoms with Crippen LogP contribution in [0.2, 0.25) is 0 Å². The van der Waals surface area contributed by atoms with Gasteiger partial charge in [0.15, 0.2) is 0 Å². The number of alkyl halides is 1. The van der Waals surface area contributed by atoms with E-state index < -0.39 is 67.0 Å². The van der Waals surface area contributed by atoms with E-state index in [-0.39, 0.29) is 24.8 Å². The van der Waals surface area contributed by atoms with Crippen LogP contribution in [0.25, 0.3) is 0 Å². The monoisotopic (exact) mass is 459 g/mol. The Morgan fingerprint density at radius 1 is 1.12 bits per heavy atom. The van der Waals surface area contributed by atoms with E-state index in [0.717, 1.165) is 4.90 Å². The van der Waals surface area contributed by atoms with Gasteiger partial charge in [-0.3, -0.25) is 24.0 Å². The van der Waals surface area contributed by atoms with Crippen LogP contribution in [0.1, 0.15) is 40.5 Å².